The zero-order valence-electron chi connectivity index (χ0n) is 13.1. The van der Waals surface area contributed by atoms with E-state index in [9.17, 15) is 4.79 Å². The summed E-state index contributed by atoms with van der Waals surface area (Å²) in [4.78, 5) is 12.8. The van der Waals surface area contributed by atoms with Crippen molar-refractivity contribution in [3.8, 4) is 0 Å². The maximum absolute atomic E-state index is 11.7. The van der Waals surface area contributed by atoms with Crippen molar-refractivity contribution in [2.75, 3.05) is 39.1 Å². The second kappa shape index (κ2) is 10.7. The molecule has 0 unspecified atom stereocenters. The summed E-state index contributed by atoms with van der Waals surface area (Å²) in [6, 6.07) is 8.43. The third-order valence-corrected chi connectivity index (χ3v) is 4.04. The predicted octanol–water partition coefficient (Wildman–Crippen LogP) is 2.25. The Morgan fingerprint density at radius 1 is 1.19 bits per heavy atom. The summed E-state index contributed by atoms with van der Waals surface area (Å²) in [7, 11) is 1.67. The van der Waals surface area contributed by atoms with Gasteiger partial charge in [-0.25, -0.2) is 0 Å². The zero-order valence-corrected chi connectivity index (χ0v) is 14.0. The highest BCUT2D eigenvalue weighted by Gasteiger charge is 2.03. The molecule has 0 fully saturated rings. The fraction of sp³-hybridized carbons (Fsp3) is 0.562. The Morgan fingerprint density at radius 3 is 2.52 bits per heavy atom. The largest absolute Gasteiger partial charge is 0.383 e. The summed E-state index contributed by atoms with van der Waals surface area (Å²) in [5, 5.41) is 6.08. The monoisotopic (exact) mass is 310 g/mol. The molecule has 0 bridgehead atoms. The van der Waals surface area contributed by atoms with Crippen molar-refractivity contribution in [3.05, 3.63) is 29.8 Å². The number of carbonyl (C=O) groups is 1. The molecule has 0 radical (unpaired) electrons. The molecule has 0 saturated carbocycles. The van der Waals surface area contributed by atoms with Gasteiger partial charge in [-0.1, -0.05) is 26.0 Å². The van der Waals surface area contributed by atoms with Gasteiger partial charge < -0.3 is 15.4 Å². The molecule has 2 N–H and O–H groups in total. The van der Waals surface area contributed by atoms with Gasteiger partial charge in [0, 0.05) is 31.6 Å². The van der Waals surface area contributed by atoms with Gasteiger partial charge in [0.05, 0.1) is 12.4 Å². The number of methoxy groups -OCH3 is 1. The first-order chi connectivity index (χ1) is 10.1. The normalized spacial score (nSPS) is 10.9. The van der Waals surface area contributed by atoms with Gasteiger partial charge in [-0.2, -0.15) is 0 Å². The van der Waals surface area contributed by atoms with Crippen LogP contribution in [0.25, 0.3) is 0 Å². The van der Waals surface area contributed by atoms with Crippen LogP contribution in [0.2, 0.25) is 0 Å². The summed E-state index contributed by atoms with van der Waals surface area (Å²) >= 11 is 1.57. The lowest BCUT2D eigenvalue weighted by Crippen LogP contribution is -2.33. The second-order valence-electron chi connectivity index (χ2n) is 5.11. The molecule has 0 aliphatic carbocycles. The van der Waals surface area contributed by atoms with Gasteiger partial charge in [-0.3, -0.25) is 4.79 Å². The number of amides is 1. The van der Waals surface area contributed by atoms with Gasteiger partial charge in [0.2, 0.25) is 5.91 Å². The minimum Gasteiger partial charge on any atom is -0.383 e. The molecule has 0 saturated heterocycles. The molecule has 0 aliphatic heterocycles. The lowest BCUT2D eigenvalue weighted by molar-refractivity contribution is -0.118. The van der Waals surface area contributed by atoms with E-state index in [4.69, 9.17) is 4.74 Å². The number of hydrogen-bond acceptors (Lipinski definition) is 4. The molecule has 21 heavy (non-hydrogen) atoms. The van der Waals surface area contributed by atoms with E-state index in [2.05, 4.69) is 48.7 Å². The lowest BCUT2D eigenvalue weighted by atomic mass is 10.0. The Hall–Kier alpha value is -1.04. The number of rotatable bonds is 10. The molecule has 5 heteroatoms. The third-order valence-electron chi connectivity index (χ3n) is 3.02. The molecular formula is C16H26N2O2S. The number of nitrogens with one attached hydrogen (secondary N) is 2. The fourth-order valence-corrected chi connectivity index (χ4v) is 2.47. The first-order valence-corrected chi connectivity index (χ1v) is 8.31. The molecule has 1 rings (SSSR count). The molecule has 1 aromatic carbocycles. The van der Waals surface area contributed by atoms with Gasteiger partial charge >= 0.3 is 0 Å². The van der Waals surface area contributed by atoms with Gasteiger partial charge in [-0.15, -0.1) is 11.8 Å². The maximum atomic E-state index is 11.7. The highest BCUT2D eigenvalue weighted by Crippen LogP contribution is 2.21. The topological polar surface area (TPSA) is 50.4 Å². The van der Waals surface area contributed by atoms with E-state index in [1.807, 2.05) is 0 Å². The highest BCUT2D eigenvalue weighted by molar-refractivity contribution is 8.00. The first-order valence-electron chi connectivity index (χ1n) is 7.32. The van der Waals surface area contributed by atoms with Gasteiger partial charge in [0.1, 0.15) is 0 Å². The Balaban J connectivity index is 2.15. The van der Waals surface area contributed by atoms with Crippen LogP contribution in [-0.4, -0.2) is 45.0 Å². The highest BCUT2D eigenvalue weighted by atomic mass is 32.2. The van der Waals surface area contributed by atoms with Crippen LogP contribution in [-0.2, 0) is 9.53 Å². The summed E-state index contributed by atoms with van der Waals surface area (Å²) in [6.45, 7) is 7.27. The second-order valence-corrected chi connectivity index (χ2v) is 6.15. The van der Waals surface area contributed by atoms with Crippen molar-refractivity contribution in [1.82, 2.24) is 10.6 Å². The van der Waals surface area contributed by atoms with Crippen LogP contribution in [0.5, 0.6) is 0 Å². The number of carbonyl (C=O) groups excluding carboxylic acids is 1. The average molecular weight is 310 g/mol. The summed E-state index contributed by atoms with van der Waals surface area (Å²) in [5.41, 5.74) is 1.32. The van der Waals surface area contributed by atoms with E-state index in [0.29, 0.717) is 24.8 Å². The SMILES string of the molecule is COCCNCCNC(=O)CSc1ccc(C(C)C)cc1. The van der Waals surface area contributed by atoms with Crippen LogP contribution in [0, 0.1) is 0 Å². The first kappa shape index (κ1) is 18.0. The van der Waals surface area contributed by atoms with Crippen molar-refractivity contribution >= 4 is 17.7 Å². The Kier molecular flexibility index (Phi) is 9.14. The van der Waals surface area contributed by atoms with Gasteiger partial charge in [0.15, 0.2) is 0 Å². The van der Waals surface area contributed by atoms with E-state index < -0.39 is 0 Å². The van der Waals surface area contributed by atoms with Crippen LogP contribution in [0.3, 0.4) is 0 Å². The minimum absolute atomic E-state index is 0.0708. The molecule has 1 amide bonds. The van der Waals surface area contributed by atoms with E-state index in [-0.39, 0.29) is 5.91 Å². The smallest absolute Gasteiger partial charge is 0.230 e. The molecule has 0 atom stereocenters. The maximum Gasteiger partial charge on any atom is 0.230 e. The molecule has 0 heterocycles. The Bertz CT molecular complexity index is 407. The van der Waals surface area contributed by atoms with Gasteiger partial charge in [-0.05, 0) is 23.6 Å². The standard InChI is InChI=1S/C16H26N2O2S/c1-13(2)14-4-6-15(7-5-14)21-12-16(19)18-9-8-17-10-11-20-3/h4-7,13,17H,8-12H2,1-3H3,(H,18,19). The van der Waals surface area contributed by atoms with Crippen LogP contribution in [0.4, 0.5) is 0 Å². The van der Waals surface area contributed by atoms with Crippen LogP contribution in [0.1, 0.15) is 25.3 Å². The number of ether oxygens (including phenoxy) is 1. The fourth-order valence-electron chi connectivity index (χ4n) is 1.74. The summed E-state index contributed by atoms with van der Waals surface area (Å²) in [6.07, 6.45) is 0. The van der Waals surface area contributed by atoms with Crippen molar-refractivity contribution < 1.29 is 9.53 Å². The average Bonchev–Trinajstić information content (AvgIpc) is 2.49. The Labute approximate surface area is 132 Å². The van der Waals surface area contributed by atoms with Crippen LogP contribution in [0.15, 0.2) is 29.2 Å². The minimum atomic E-state index is 0.0708. The molecule has 0 spiro atoms. The molecule has 0 aromatic heterocycles. The number of benzene rings is 1. The molecule has 1 aromatic rings. The zero-order chi connectivity index (χ0) is 15.5. The predicted molar refractivity (Wildman–Crippen MR) is 89.0 cm³/mol. The van der Waals surface area contributed by atoms with Crippen LogP contribution < -0.4 is 10.6 Å². The number of hydrogen-bond donors (Lipinski definition) is 2. The molecular weight excluding hydrogens is 284 g/mol. The van der Waals surface area contributed by atoms with E-state index in [1.54, 1.807) is 18.9 Å². The molecule has 0 aliphatic rings. The quantitative estimate of drug-likeness (QED) is 0.514. The summed E-state index contributed by atoms with van der Waals surface area (Å²) in [5.74, 6) is 1.07. The van der Waals surface area contributed by atoms with Crippen molar-refractivity contribution in [1.29, 1.82) is 0 Å². The van der Waals surface area contributed by atoms with Crippen molar-refractivity contribution in [2.45, 2.75) is 24.7 Å². The van der Waals surface area contributed by atoms with E-state index >= 15 is 0 Å². The summed E-state index contributed by atoms with van der Waals surface area (Å²) < 4.78 is 4.93. The van der Waals surface area contributed by atoms with E-state index in [0.717, 1.165) is 18.0 Å². The van der Waals surface area contributed by atoms with Crippen molar-refractivity contribution in [3.63, 3.8) is 0 Å². The molecule has 118 valence electrons. The Morgan fingerprint density at radius 2 is 1.90 bits per heavy atom. The third kappa shape index (κ3) is 8.09. The van der Waals surface area contributed by atoms with Gasteiger partial charge in [0.25, 0.3) is 0 Å². The van der Waals surface area contributed by atoms with E-state index in [1.165, 1.54) is 5.56 Å². The number of thioether (sulfide) groups is 1. The lowest BCUT2D eigenvalue weighted by Gasteiger charge is -2.08. The molecule has 4 nitrogen and oxygen atoms in total. The van der Waals surface area contributed by atoms with Crippen LogP contribution >= 0.6 is 11.8 Å². The van der Waals surface area contributed by atoms with Crippen molar-refractivity contribution in [2.24, 2.45) is 0 Å².